The molecule has 252 valence electrons. The van der Waals surface area contributed by atoms with Crippen molar-refractivity contribution in [3.8, 4) is 11.5 Å². The minimum atomic E-state index is -0.788. The van der Waals surface area contributed by atoms with Gasteiger partial charge in [0, 0.05) is 31.7 Å². The van der Waals surface area contributed by atoms with Crippen LogP contribution in [0.25, 0.3) is 6.08 Å². The molecule has 48 heavy (non-hydrogen) atoms. The molecule has 7 rings (SSSR count). The van der Waals surface area contributed by atoms with E-state index in [1.165, 1.54) is 11.1 Å². The van der Waals surface area contributed by atoms with Crippen LogP contribution in [0.1, 0.15) is 67.9 Å². The Morgan fingerprint density at radius 1 is 1.08 bits per heavy atom. The molecule has 0 N–H and O–H groups in total. The molecule has 5 atom stereocenters. The van der Waals surface area contributed by atoms with Crippen molar-refractivity contribution in [2.24, 2.45) is 5.92 Å². The van der Waals surface area contributed by atoms with Crippen LogP contribution >= 0.6 is 0 Å². The Balaban J connectivity index is 1.31. The molecule has 2 fully saturated rings. The molecular formula is C41H48N2O5. The summed E-state index contributed by atoms with van der Waals surface area (Å²) in [7, 11) is 1.68. The Morgan fingerprint density at radius 3 is 2.62 bits per heavy atom. The van der Waals surface area contributed by atoms with E-state index in [4.69, 9.17) is 14.2 Å². The fraction of sp³-hybridized carbons (Fsp3) is 0.463. The van der Waals surface area contributed by atoms with Crippen LogP contribution in [0, 0.1) is 12.8 Å². The zero-order valence-corrected chi connectivity index (χ0v) is 28.9. The molecule has 0 radical (unpaired) electrons. The maximum absolute atomic E-state index is 14.2. The smallest absolute Gasteiger partial charge is 0.303 e. The van der Waals surface area contributed by atoms with Crippen molar-refractivity contribution in [1.29, 1.82) is 0 Å². The molecule has 2 aliphatic heterocycles. The number of carbonyl (C=O) groups excluding carboxylic acids is 2. The molecule has 4 aliphatic rings. The Kier molecular flexibility index (Phi) is 8.61. The highest BCUT2D eigenvalue weighted by molar-refractivity contribution is 5.92. The molecule has 0 aromatic heterocycles. The number of hydrogen-bond acceptors (Lipinski definition) is 6. The van der Waals surface area contributed by atoms with Crippen LogP contribution in [0.2, 0.25) is 0 Å². The second-order valence-corrected chi connectivity index (χ2v) is 14.6. The summed E-state index contributed by atoms with van der Waals surface area (Å²) in [6, 6.07) is 22.8. The first-order valence-corrected chi connectivity index (χ1v) is 17.6. The number of aryl methyl sites for hydroxylation is 1. The molecule has 2 bridgehead atoms. The maximum Gasteiger partial charge on any atom is 0.303 e. The number of piperidine rings is 1. The number of hydrogen-bond donors (Lipinski definition) is 0. The van der Waals surface area contributed by atoms with Gasteiger partial charge < -0.3 is 19.1 Å². The summed E-state index contributed by atoms with van der Waals surface area (Å²) in [6.07, 6.45) is 7.03. The average Bonchev–Trinajstić information content (AvgIpc) is 3.41. The van der Waals surface area contributed by atoms with Crippen molar-refractivity contribution in [3.63, 3.8) is 0 Å². The van der Waals surface area contributed by atoms with Gasteiger partial charge in [-0.05, 0) is 80.3 Å². The van der Waals surface area contributed by atoms with Crippen LogP contribution in [0.4, 0.5) is 0 Å². The van der Waals surface area contributed by atoms with E-state index in [1.807, 2.05) is 29.2 Å². The quantitative estimate of drug-likeness (QED) is 0.184. The summed E-state index contributed by atoms with van der Waals surface area (Å²) in [5.74, 6) is 1.42. The molecule has 3 aromatic carbocycles. The first-order valence-electron chi connectivity index (χ1n) is 17.6. The molecule has 7 nitrogen and oxygen atoms in total. The molecule has 1 spiro atoms. The molecule has 0 unspecified atom stereocenters. The van der Waals surface area contributed by atoms with Crippen LogP contribution in [0.15, 0.2) is 72.8 Å². The van der Waals surface area contributed by atoms with Crippen molar-refractivity contribution in [2.45, 2.75) is 89.0 Å². The molecule has 2 heterocycles. The highest BCUT2D eigenvalue weighted by Crippen LogP contribution is 2.67. The van der Waals surface area contributed by atoms with Gasteiger partial charge in [-0.3, -0.25) is 14.5 Å². The Bertz CT molecular complexity index is 1720. The molecule has 1 saturated carbocycles. The number of benzene rings is 3. The molecule has 1 amide bonds. The van der Waals surface area contributed by atoms with Crippen LogP contribution in [-0.2, 0) is 32.6 Å². The lowest BCUT2D eigenvalue weighted by molar-refractivity contribution is -0.224. The standard InChI is InChI=1S/C41H48N2O5/c1-27(2)26-43(36(45)17-14-31-13-9-10-28(3)24-31)33-18-20-41(48-29(4)44)35-25-32-15-16-34(46-5)38-37(32)40(41,39(33)47-38)21-23-42(35)22-19-30-11-7-6-8-12-30/h6-17,24,27,33,35,39H,18-23,25-26H2,1-5H3/t33-,35+,39-,40-,41+/m0/s1. The van der Waals surface area contributed by atoms with Crippen molar-refractivity contribution in [1.82, 2.24) is 9.80 Å². The van der Waals surface area contributed by atoms with Gasteiger partial charge in [-0.1, -0.05) is 80.1 Å². The van der Waals surface area contributed by atoms with Gasteiger partial charge in [-0.25, -0.2) is 0 Å². The van der Waals surface area contributed by atoms with Crippen LogP contribution in [0.3, 0.4) is 0 Å². The fourth-order valence-corrected chi connectivity index (χ4v) is 9.51. The third kappa shape index (κ3) is 5.31. The summed E-state index contributed by atoms with van der Waals surface area (Å²) < 4.78 is 19.8. The maximum atomic E-state index is 14.2. The summed E-state index contributed by atoms with van der Waals surface area (Å²) >= 11 is 0. The van der Waals surface area contributed by atoms with E-state index in [-0.39, 0.29) is 36.0 Å². The Hall–Kier alpha value is -4.10. The number of nitrogens with zero attached hydrogens (tertiary/aromatic N) is 2. The molecule has 1 saturated heterocycles. The lowest BCUT2D eigenvalue weighted by Gasteiger charge is -2.65. The predicted molar refractivity (Wildman–Crippen MR) is 187 cm³/mol. The second-order valence-electron chi connectivity index (χ2n) is 14.6. The summed E-state index contributed by atoms with van der Waals surface area (Å²) in [5.41, 5.74) is 4.42. The van der Waals surface area contributed by atoms with E-state index in [0.29, 0.717) is 25.1 Å². The number of amides is 1. The highest BCUT2D eigenvalue weighted by atomic mass is 16.6. The van der Waals surface area contributed by atoms with E-state index >= 15 is 0 Å². The van der Waals surface area contributed by atoms with Gasteiger partial charge in [-0.2, -0.15) is 0 Å². The largest absolute Gasteiger partial charge is 0.493 e. The highest BCUT2D eigenvalue weighted by Gasteiger charge is 2.75. The molecular weight excluding hydrogens is 600 g/mol. The molecule has 7 heteroatoms. The van der Waals surface area contributed by atoms with E-state index in [9.17, 15) is 9.59 Å². The zero-order valence-electron chi connectivity index (χ0n) is 28.9. The first kappa shape index (κ1) is 32.4. The zero-order chi connectivity index (χ0) is 33.6. The number of carbonyl (C=O) groups is 2. The van der Waals surface area contributed by atoms with E-state index in [0.717, 1.165) is 54.8 Å². The predicted octanol–water partition coefficient (Wildman–Crippen LogP) is 6.54. The van der Waals surface area contributed by atoms with Gasteiger partial charge in [0.2, 0.25) is 5.91 Å². The topological polar surface area (TPSA) is 68.3 Å². The monoisotopic (exact) mass is 648 g/mol. The summed E-state index contributed by atoms with van der Waals surface area (Å²) in [4.78, 5) is 32.0. The third-order valence-electron chi connectivity index (χ3n) is 11.3. The van der Waals surface area contributed by atoms with Crippen molar-refractivity contribution in [3.05, 3.63) is 101 Å². The SMILES string of the molecule is COc1ccc2c3c1O[C@H]1[C@@H](N(CC(C)C)C(=O)C=Cc4cccc(C)c4)CC[C@@]4(OC(C)=O)[C@@H](C2)N(CCc2ccccc2)CC[C@]314. The van der Waals surface area contributed by atoms with Crippen LogP contribution < -0.4 is 9.47 Å². The van der Waals surface area contributed by atoms with Crippen molar-refractivity contribution in [2.75, 3.05) is 26.7 Å². The number of methoxy groups -OCH3 is 1. The van der Waals surface area contributed by atoms with Gasteiger partial charge in [0.05, 0.1) is 24.6 Å². The van der Waals surface area contributed by atoms with Crippen molar-refractivity contribution >= 4 is 18.0 Å². The lowest BCUT2D eigenvalue weighted by atomic mass is 9.48. The normalized spacial score (nSPS) is 27.0. The lowest BCUT2D eigenvalue weighted by Crippen LogP contribution is -2.79. The Morgan fingerprint density at radius 2 is 1.90 bits per heavy atom. The number of rotatable bonds is 10. The van der Waals surface area contributed by atoms with E-state index in [2.05, 4.69) is 74.2 Å². The van der Waals surface area contributed by atoms with E-state index in [1.54, 1.807) is 20.1 Å². The number of likely N-dealkylation sites (tertiary alicyclic amines) is 1. The minimum Gasteiger partial charge on any atom is -0.493 e. The number of esters is 1. The average molecular weight is 649 g/mol. The fourth-order valence-electron chi connectivity index (χ4n) is 9.51. The number of ether oxygens (including phenoxy) is 3. The van der Waals surface area contributed by atoms with Gasteiger partial charge in [-0.15, -0.1) is 0 Å². The van der Waals surface area contributed by atoms with Crippen molar-refractivity contribution < 1.29 is 23.8 Å². The van der Waals surface area contributed by atoms with Gasteiger partial charge in [0.25, 0.3) is 0 Å². The minimum absolute atomic E-state index is 0.00627. The third-order valence-corrected chi connectivity index (χ3v) is 11.3. The van der Waals surface area contributed by atoms with Crippen LogP contribution in [-0.4, -0.2) is 72.2 Å². The van der Waals surface area contributed by atoms with Gasteiger partial charge >= 0.3 is 5.97 Å². The van der Waals surface area contributed by atoms with Crippen LogP contribution in [0.5, 0.6) is 11.5 Å². The van der Waals surface area contributed by atoms with Gasteiger partial charge in [0.1, 0.15) is 11.7 Å². The summed E-state index contributed by atoms with van der Waals surface area (Å²) in [5, 5.41) is 0. The molecule has 2 aliphatic carbocycles. The Labute approximate surface area is 284 Å². The summed E-state index contributed by atoms with van der Waals surface area (Å²) in [6.45, 7) is 10.2. The van der Waals surface area contributed by atoms with Gasteiger partial charge in [0.15, 0.2) is 11.5 Å². The second kappa shape index (κ2) is 12.7. The van der Waals surface area contributed by atoms with E-state index < -0.39 is 11.0 Å². The first-order chi connectivity index (χ1) is 23.2. The molecule has 3 aromatic rings.